The van der Waals surface area contributed by atoms with Crippen LogP contribution in [0.25, 0.3) is 0 Å². The van der Waals surface area contributed by atoms with Crippen molar-refractivity contribution >= 4 is 33.2 Å². The van der Waals surface area contributed by atoms with Gasteiger partial charge in [-0.15, -0.1) is 18.2 Å². The normalized spacial score (nSPS) is 17.7. The van der Waals surface area contributed by atoms with Gasteiger partial charge in [0.15, 0.2) is 9.84 Å². The minimum Gasteiger partial charge on any atom is -0.325 e. The number of sulfone groups is 1. The van der Waals surface area contributed by atoms with Crippen LogP contribution in [0.4, 0.5) is 5.69 Å². The maximum absolute atomic E-state index is 12.5. The predicted octanol–water partition coefficient (Wildman–Crippen LogP) is 2.43. The maximum atomic E-state index is 12.5. The number of carbonyl (C=O) groups is 1. The quantitative estimate of drug-likeness (QED) is 0.513. The van der Waals surface area contributed by atoms with Gasteiger partial charge in [0.1, 0.15) is 0 Å². The van der Waals surface area contributed by atoms with E-state index in [0.717, 1.165) is 16.3 Å². The van der Waals surface area contributed by atoms with Crippen molar-refractivity contribution < 1.29 is 13.2 Å². The smallest absolute Gasteiger partial charge is 0.238 e. The lowest BCUT2D eigenvalue weighted by Gasteiger charge is -2.25. The van der Waals surface area contributed by atoms with Crippen molar-refractivity contribution in [2.75, 3.05) is 29.9 Å². The molecule has 29 heavy (non-hydrogen) atoms. The number of amides is 1. The molecule has 8 heteroatoms. The van der Waals surface area contributed by atoms with Gasteiger partial charge in [0.2, 0.25) is 5.91 Å². The highest BCUT2D eigenvalue weighted by Crippen LogP contribution is 2.22. The second-order valence-electron chi connectivity index (χ2n) is 6.87. The summed E-state index contributed by atoms with van der Waals surface area (Å²) >= 11 is 1.62. The Morgan fingerprint density at radius 3 is 2.86 bits per heavy atom. The molecule has 2 heterocycles. The van der Waals surface area contributed by atoms with E-state index in [1.807, 2.05) is 42.5 Å². The standard InChI is InChI=1S/C21H23N3O3S2/c1-2-11-24(19-9-12-29(26,27)16-19)14-20(25)23-18-7-5-6-17(13-18)15-28-21-8-3-4-10-22-21/h1,3-8,10,13,19H,9,11-12,14-16H2,(H,23,25). The van der Waals surface area contributed by atoms with Crippen LogP contribution < -0.4 is 5.32 Å². The van der Waals surface area contributed by atoms with Gasteiger partial charge in [-0.1, -0.05) is 24.1 Å². The summed E-state index contributed by atoms with van der Waals surface area (Å²) < 4.78 is 23.5. The first-order chi connectivity index (χ1) is 13.9. The Balaban J connectivity index is 1.57. The molecule has 0 spiro atoms. The van der Waals surface area contributed by atoms with Gasteiger partial charge >= 0.3 is 0 Å². The number of benzene rings is 1. The molecule has 1 saturated heterocycles. The van der Waals surface area contributed by atoms with Crippen LogP contribution in [-0.4, -0.2) is 54.8 Å². The van der Waals surface area contributed by atoms with E-state index >= 15 is 0 Å². The lowest BCUT2D eigenvalue weighted by Crippen LogP contribution is -2.41. The van der Waals surface area contributed by atoms with E-state index in [1.165, 1.54) is 0 Å². The monoisotopic (exact) mass is 429 g/mol. The van der Waals surface area contributed by atoms with Crippen LogP contribution in [0, 0.1) is 12.3 Å². The second-order valence-corrected chi connectivity index (χ2v) is 10.1. The molecule has 152 valence electrons. The van der Waals surface area contributed by atoms with E-state index in [0.29, 0.717) is 12.1 Å². The van der Waals surface area contributed by atoms with E-state index in [1.54, 1.807) is 22.9 Å². The molecule has 1 atom stereocenters. The van der Waals surface area contributed by atoms with Crippen molar-refractivity contribution in [3.05, 3.63) is 54.2 Å². The van der Waals surface area contributed by atoms with Crippen LogP contribution in [-0.2, 0) is 20.4 Å². The third kappa shape index (κ3) is 6.60. The highest BCUT2D eigenvalue weighted by molar-refractivity contribution is 7.98. The van der Waals surface area contributed by atoms with Crippen molar-refractivity contribution in [1.82, 2.24) is 9.88 Å². The topological polar surface area (TPSA) is 79.4 Å². The molecule has 1 aromatic heterocycles. The van der Waals surface area contributed by atoms with Gasteiger partial charge in [0.05, 0.1) is 29.6 Å². The third-order valence-electron chi connectivity index (χ3n) is 4.60. The highest BCUT2D eigenvalue weighted by atomic mass is 32.2. The van der Waals surface area contributed by atoms with Crippen LogP contribution in [0.1, 0.15) is 12.0 Å². The Kier molecular flexibility index (Phi) is 7.31. The number of hydrogen-bond acceptors (Lipinski definition) is 6. The SMILES string of the molecule is C#CCN(CC(=O)Nc1cccc(CSc2ccccn2)c1)C1CCS(=O)(=O)C1. The summed E-state index contributed by atoms with van der Waals surface area (Å²) in [5.74, 6) is 3.26. The number of terminal acetylenes is 1. The Labute approximate surface area is 176 Å². The van der Waals surface area contributed by atoms with Crippen LogP contribution in [0.15, 0.2) is 53.7 Å². The first-order valence-electron chi connectivity index (χ1n) is 9.26. The summed E-state index contributed by atoms with van der Waals surface area (Å²) in [7, 11) is -3.04. The summed E-state index contributed by atoms with van der Waals surface area (Å²) in [5, 5.41) is 3.83. The fraction of sp³-hybridized carbons (Fsp3) is 0.333. The Morgan fingerprint density at radius 1 is 1.31 bits per heavy atom. The Morgan fingerprint density at radius 2 is 2.17 bits per heavy atom. The summed E-state index contributed by atoms with van der Waals surface area (Å²) in [6.45, 7) is 0.311. The van der Waals surface area contributed by atoms with E-state index in [-0.39, 0.29) is 36.5 Å². The summed E-state index contributed by atoms with van der Waals surface area (Å²) in [5.41, 5.74) is 1.77. The van der Waals surface area contributed by atoms with E-state index < -0.39 is 9.84 Å². The number of aromatic nitrogens is 1. The lowest BCUT2D eigenvalue weighted by atomic mass is 10.2. The molecule has 2 aromatic rings. The minimum atomic E-state index is -3.04. The minimum absolute atomic E-state index is 0.0577. The van der Waals surface area contributed by atoms with Gasteiger partial charge in [0.25, 0.3) is 0 Å². The third-order valence-corrected chi connectivity index (χ3v) is 7.37. The average molecular weight is 430 g/mol. The van der Waals surface area contributed by atoms with Crippen molar-refractivity contribution in [2.45, 2.75) is 23.2 Å². The zero-order valence-corrected chi connectivity index (χ0v) is 17.6. The number of pyridine rings is 1. The fourth-order valence-corrected chi connectivity index (χ4v) is 5.77. The number of carbonyl (C=O) groups excluding carboxylic acids is 1. The number of thioether (sulfide) groups is 1. The van der Waals surface area contributed by atoms with Crippen molar-refractivity contribution in [3.63, 3.8) is 0 Å². The average Bonchev–Trinajstić information content (AvgIpc) is 3.07. The predicted molar refractivity (Wildman–Crippen MR) is 116 cm³/mol. The second kappa shape index (κ2) is 9.92. The van der Waals surface area contributed by atoms with Crippen LogP contribution in [0.3, 0.4) is 0 Å². The molecule has 0 saturated carbocycles. The maximum Gasteiger partial charge on any atom is 0.238 e. The molecule has 0 radical (unpaired) electrons. The highest BCUT2D eigenvalue weighted by Gasteiger charge is 2.32. The first-order valence-corrected chi connectivity index (χ1v) is 12.1. The van der Waals surface area contributed by atoms with Crippen LogP contribution in [0.5, 0.6) is 0 Å². The molecule has 1 aliphatic rings. The van der Waals surface area contributed by atoms with Crippen molar-refractivity contribution in [1.29, 1.82) is 0 Å². The molecular weight excluding hydrogens is 406 g/mol. The fourth-order valence-electron chi connectivity index (χ4n) is 3.21. The lowest BCUT2D eigenvalue weighted by molar-refractivity contribution is -0.117. The van der Waals surface area contributed by atoms with E-state index in [4.69, 9.17) is 6.42 Å². The number of hydrogen-bond donors (Lipinski definition) is 1. The number of nitrogens with zero attached hydrogens (tertiary/aromatic N) is 2. The summed E-state index contributed by atoms with van der Waals surface area (Å²) in [6, 6.07) is 13.2. The van der Waals surface area contributed by atoms with Gasteiger partial charge in [-0.05, 0) is 36.2 Å². The number of nitrogens with one attached hydrogen (secondary N) is 1. The molecule has 1 unspecified atom stereocenters. The van der Waals surface area contributed by atoms with E-state index in [9.17, 15) is 13.2 Å². The molecular formula is C21H23N3O3S2. The van der Waals surface area contributed by atoms with Gasteiger partial charge in [-0.3, -0.25) is 9.69 Å². The molecule has 0 aliphatic carbocycles. The van der Waals surface area contributed by atoms with Crippen molar-refractivity contribution in [2.24, 2.45) is 0 Å². The zero-order valence-electron chi connectivity index (χ0n) is 16.0. The Bertz CT molecular complexity index is 988. The Hall–Kier alpha value is -2.34. The molecule has 1 amide bonds. The van der Waals surface area contributed by atoms with Gasteiger partial charge < -0.3 is 5.32 Å². The molecule has 3 rings (SSSR count). The van der Waals surface area contributed by atoms with E-state index in [2.05, 4.69) is 16.2 Å². The van der Waals surface area contributed by atoms with Crippen molar-refractivity contribution in [3.8, 4) is 12.3 Å². The number of rotatable bonds is 8. The molecule has 1 N–H and O–H groups in total. The summed E-state index contributed by atoms with van der Waals surface area (Å²) in [6.07, 6.45) is 7.69. The summed E-state index contributed by atoms with van der Waals surface area (Å²) in [4.78, 5) is 18.6. The molecule has 1 aliphatic heterocycles. The van der Waals surface area contributed by atoms with Crippen LogP contribution >= 0.6 is 11.8 Å². The molecule has 1 aromatic carbocycles. The molecule has 0 bridgehead atoms. The zero-order chi connectivity index (χ0) is 20.7. The molecule has 6 nitrogen and oxygen atoms in total. The van der Waals surface area contributed by atoms with Gasteiger partial charge in [-0.2, -0.15) is 0 Å². The van der Waals surface area contributed by atoms with Crippen LogP contribution in [0.2, 0.25) is 0 Å². The van der Waals surface area contributed by atoms with Gasteiger partial charge in [0, 0.05) is 23.7 Å². The molecule has 1 fully saturated rings. The first kappa shape index (κ1) is 21.4. The number of anilines is 1. The van der Waals surface area contributed by atoms with Gasteiger partial charge in [-0.25, -0.2) is 13.4 Å². The largest absolute Gasteiger partial charge is 0.325 e.